The third-order valence-electron chi connectivity index (χ3n) is 1.83. The van der Waals surface area contributed by atoms with Gasteiger partial charge in [-0.25, -0.2) is 4.68 Å². The number of aliphatic hydroxyl groups excluding tert-OH is 2. The van der Waals surface area contributed by atoms with Gasteiger partial charge in [0.15, 0.2) is 0 Å². The average Bonchev–Trinajstić information content (AvgIpc) is 2.17. The fraction of sp³-hybridized carbons (Fsp3) is 0.571. The van der Waals surface area contributed by atoms with Crippen molar-refractivity contribution in [2.75, 3.05) is 13.2 Å². The maximum absolute atomic E-state index is 11.2. The molecule has 0 spiro atoms. The monoisotopic (exact) mass is 185 g/mol. The van der Waals surface area contributed by atoms with Crippen LogP contribution in [0.5, 0.6) is 0 Å². The number of nitrogens with zero attached hydrogens (tertiary/aromatic N) is 3. The lowest BCUT2D eigenvalue weighted by atomic mass is 10.1. The summed E-state index contributed by atoms with van der Waals surface area (Å²) in [6, 6.07) is 1.22. The Morgan fingerprint density at radius 3 is 2.62 bits per heavy atom. The van der Waals surface area contributed by atoms with E-state index < -0.39 is 11.1 Å². The van der Waals surface area contributed by atoms with E-state index in [0.717, 1.165) is 4.68 Å². The molecule has 0 saturated carbocycles. The zero-order valence-electron chi connectivity index (χ0n) is 7.21. The van der Waals surface area contributed by atoms with Gasteiger partial charge in [-0.15, -0.1) is 5.10 Å². The lowest BCUT2D eigenvalue weighted by Gasteiger charge is -2.24. The molecule has 0 radical (unpaired) electrons. The Hall–Kier alpha value is -1.27. The number of aliphatic hydroxyl groups is 2. The van der Waals surface area contributed by atoms with Crippen LogP contribution in [0, 0.1) is 0 Å². The highest BCUT2D eigenvalue weighted by molar-refractivity contribution is 4.85. The summed E-state index contributed by atoms with van der Waals surface area (Å²) >= 11 is 0. The molecule has 1 rings (SSSR count). The summed E-state index contributed by atoms with van der Waals surface area (Å²) < 4.78 is 0.965. The van der Waals surface area contributed by atoms with Crippen LogP contribution in [-0.4, -0.2) is 38.4 Å². The zero-order chi connectivity index (χ0) is 9.90. The van der Waals surface area contributed by atoms with Crippen LogP contribution in [0.2, 0.25) is 0 Å². The number of rotatable bonds is 3. The first-order chi connectivity index (χ1) is 6.14. The molecular weight excluding hydrogens is 174 g/mol. The van der Waals surface area contributed by atoms with E-state index in [1.165, 1.54) is 19.2 Å². The first-order valence-electron chi connectivity index (χ1n) is 3.77. The normalized spacial score (nSPS) is 11.6. The van der Waals surface area contributed by atoms with Gasteiger partial charge in [0, 0.05) is 6.07 Å². The Morgan fingerprint density at radius 2 is 2.15 bits per heavy atom. The van der Waals surface area contributed by atoms with Crippen molar-refractivity contribution in [3.63, 3.8) is 0 Å². The summed E-state index contributed by atoms with van der Waals surface area (Å²) in [6.07, 6.45) is 1.26. The van der Waals surface area contributed by atoms with Crippen LogP contribution in [0.4, 0.5) is 0 Å². The van der Waals surface area contributed by atoms with Crippen LogP contribution >= 0.6 is 0 Å². The van der Waals surface area contributed by atoms with E-state index in [1.807, 2.05) is 0 Å². The largest absolute Gasteiger partial charge is 0.394 e. The van der Waals surface area contributed by atoms with E-state index in [2.05, 4.69) is 10.3 Å². The fourth-order valence-electron chi connectivity index (χ4n) is 0.851. The first-order valence-corrected chi connectivity index (χ1v) is 3.77. The van der Waals surface area contributed by atoms with Crippen LogP contribution < -0.4 is 5.56 Å². The third kappa shape index (κ3) is 1.73. The van der Waals surface area contributed by atoms with Crippen molar-refractivity contribution in [2.45, 2.75) is 12.5 Å². The van der Waals surface area contributed by atoms with Gasteiger partial charge in [-0.3, -0.25) is 4.79 Å². The van der Waals surface area contributed by atoms with Crippen molar-refractivity contribution >= 4 is 0 Å². The second-order valence-electron chi connectivity index (χ2n) is 2.98. The summed E-state index contributed by atoms with van der Waals surface area (Å²) in [7, 11) is 0. The molecular formula is C7H11N3O3. The summed E-state index contributed by atoms with van der Waals surface area (Å²) in [5.41, 5.74) is -1.49. The van der Waals surface area contributed by atoms with E-state index in [1.54, 1.807) is 0 Å². The number of hydrogen-bond acceptors (Lipinski definition) is 5. The van der Waals surface area contributed by atoms with Crippen LogP contribution in [-0.2, 0) is 5.54 Å². The SMILES string of the molecule is CC(CO)(CO)n1nnccc1=O. The Balaban J connectivity index is 3.20. The maximum Gasteiger partial charge on any atom is 0.270 e. The van der Waals surface area contributed by atoms with E-state index in [-0.39, 0.29) is 13.2 Å². The Kier molecular flexibility index (Phi) is 2.74. The van der Waals surface area contributed by atoms with Gasteiger partial charge < -0.3 is 10.2 Å². The summed E-state index contributed by atoms with van der Waals surface area (Å²) in [5.74, 6) is 0. The highest BCUT2D eigenvalue weighted by atomic mass is 16.3. The van der Waals surface area contributed by atoms with Gasteiger partial charge in [0.25, 0.3) is 5.56 Å². The molecule has 0 atom stereocenters. The van der Waals surface area contributed by atoms with Crippen molar-refractivity contribution in [1.82, 2.24) is 15.0 Å². The lowest BCUT2D eigenvalue weighted by Crippen LogP contribution is -2.46. The Labute approximate surface area is 74.4 Å². The first kappa shape index (κ1) is 9.82. The second-order valence-corrected chi connectivity index (χ2v) is 2.98. The quantitative estimate of drug-likeness (QED) is 0.588. The molecule has 0 unspecified atom stereocenters. The molecule has 0 bridgehead atoms. The molecule has 2 N–H and O–H groups in total. The summed E-state index contributed by atoms with van der Waals surface area (Å²) in [6.45, 7) is 0.771. The highest BCUT2D eigenvalue weighted by Crippen LogP contribution is 2.08. The number of aromatic nitrogens is 3. The molecule has 6 nitrogen and oxygen atoms in total. The predicted octanol–water partition coefficient (Wildman–Crippen LogP) is -1.66. The molecule has 0 fully saturated rings. The van der Waals surface area contributed by atoms with Crippen molar-refractivity contribution in [2.24, 2.45) is 0 Å². The van der Waals surface area contributed by atoms with Crippen molar-refractivity contribution in [3.05, 3.63) is 22.6 Å². The van der Waals surface area contributed by atoms with E-state index >= 15 is 0 Å². The van der Waals surface area contributed by atoms with Gasteiger partial charge >= 0.3 is 0 Å². The molecule has 0 aliphatic heterocycles. The predicted molar refractivity (Wildman–Crippen MR) is 44.1 cm³/mol. The molecule has 6 heteroatoms. The standard InChI is InChI=1S/C7H11N3O3/c1-7(4-11,5-12)10-6(13)2-3-8-9-10/h2-3,11-12H,4-5H2,1H3. The van der Waals surface area contributed by atoms with Crippen molar-refractivity contribution in [3.8, 4) is 0 Å². The van der Waals surface area contributed by atoms with Crippen LogP contribution in [0.1, 0.15) is 6.92 Å². The van der Waals surface area contributed by atoms with E-state index in [9.17, 15) is 4.79 Å². The Bertz CT molecular complexity index is 332. The van der Waals surface area contributed by atoms with Gasteiger partial charge in [-0.05, 0) is 6.92 Å². The maximum atomic E-state index is 11.2. The van der Waals surface area contributed by atoms with Crippen LogP contribution in [0.15, 0.2) is 17.1 Å². The van der Waals surface area contributed by atoms with Crippen LogP contribution in [0.25, 0.3) is 0 Å². The lowest BCUT2D eigenvalue weighted by molar-refractivity contribution is 0.0614. The molecule has 13 heavy (non-hydrogen) atoms. The van der Waals surface area contributed by atoms with E-state index in [0.29, 0.717) is 0 Å². The van der Waals surface area contributed by atoms with Crippen LogP contribution in [0.3, 0.4) is 0 Å². The second kappa shape index (κ2) is 3.63. The number of hydrogen-bond donors (Lipinski definition) is 2. The average molecular weight is 185 g/mol. The van der Waals surface area contributed by atoms with Crippen molar-refractivity contribution in [1.29, 1.82) is 0 Å². The molecule has 0 saturated heterocycles. The van der Waals surface area contributed by atoms with Gasteiger partial charge in [-0.2, -0.15) is 0 Å². The van der Waals surface area contributed by atoms with E-state index in [4.69, 9.17) is 10.2 Å². The summed E-state index contributed by atoms with van der Waals surface area (Å²) in [5, 5.41) is 25.0. The van der Waals surface area contributed by atoms with Gasteiger partial charge in [-0.1, -0.05) is 5.21 Å². The topological polar surface area (TPSA) is 88.2 Å². The minimum absolute atomic E-state index is 0.373. The van der Waals surface area contributed by atoms with Gasteiger partial charge in [0.05, 0.1) is 19.4 Å². The molecule has 1 aromatic heterocycles. The highest BCUT2D eigenvalue weighted by Gasteiger charge is 2.27. The smallest absolute Gasteiger partial charge is 0.270 e. The molecule has 72 valence electrons. The fourth-order valence-corrected chi connectivity index (χ4v) is 0.851. The van der Waals surface area contributed by atoms with Gasteiger partial charge in [0.2, 0.25) is 0 Å². The Morgan fingerprint density at radius 1 is 1.54 bits per heavy atom. The molecule has 1 aromatic rings. The molecule has 0 amide bonds. The van der Waals surface area contributed by atoms with Crippen molar-refractivity contribution < 1.29 is 10.2 Å². The minimum atomic E-state index is -1.09. The molecule has 0 aliphatic rings. The van der Waals surface area contributed by atoms with Gasteiger partial charge in [0.1, 0.15) is 5.54 Å². The molecule has 1 heterocycles. The minimum Gasteiger partial charge on any atom is -0.394 e. The molecule has 0 aliphatic carbocycles. The third-order valence-corrected chi connectivity index (χ3v) is 1.83. The summed E-state index contributed by atoms with van der Waals surface area (Å²) in [4.78, 5) is 11.2. The zero-order valence-corrected chi connectivity index (χ0v) is 7.21. The molecule has 0 aromatic carbocycles.